The summed E-state index contributed by atoms with van der Waals surface area (Å²) in [6, 6.07) is 4.97. The van der Waals surface area contributed by atoms with Crippen molar-refractivity contribution in [2.45, 2.75) is 24.8 Å². The third-order valence-electron chi connectivity index (χ3n) is 2.53. The summed E-state index contributed by atoms with van der Waals surface area (Å²) in [5.74, 6) is 0.458. The summed E-state index contributed by atoms with van der Waals surface area (Å²) in [5.41, 5.74) is -3.75. The van der Waals surface area contributed by atoms with Gasteiger partial charge in [0.15, 0.2) is 5.78 Å². The van der Waals surface area contributed by atoms with E-state index in [0.29, 0.717) is 6.42 Å². The fraction of sp³-hybridized carbons (Fsp3) is 0.364. The number of carbonyl (C=O) groups is 1. The van der Waals surface area contributed by atoms with Crippen LogP contribution < -0.4 is 0 Å². The maximum atomic E-state index is 11.3. The number of rotatable bonds is 0. The standard InChI is InChI=1S/C10H10O2.CHF3O3S/c11-8-4-5-9-7(6-8)2-1-3-10(9)12;2-1(3,4)8(5,6)7/h4-6,11H,1-3H2;(H,5,6,7). The van der Waals surface area contributed by atoms with Gasteiger partial charge in [-0.1, -0.05) is 0 Å². The highest BCUT2D eigenvalue weighted by Crippen LogP contribution is 2.24. The highest BCUT2D eigenvalue weighted by molar-refractivity contribution is 7.86. The number of phenolic OH excluding ortho intramolecular Hbond substituents is 1. The van der Waals surface area contributed by atoms with Crippen molar-refractivity contribution in [1.82, 2.24) is 0 Å². The topological polar surface area (TPSA) is 91.7 Å². The fourth-order valence-corrected chi connectivity index (χ4v) is 1.63. The van der Waals surface area contributed by atoms with Crippen molar-refractivity contribution in [3.63, 3.8) is 0 Å². The summed E-state index contributed by atoms with van der Waals surface area (Å²) in [4.78, 5) is 11.3. The van der Waals surface area contributed by atoms with Crippen LogP contribution in [0.1, 0.15) is 28.8 Å². The molecule has 112 valence electrons. The van der Waals surface area contributed by atoms with Crippen molar-refractivity contribution in [1.29, 1.82) is 0 Å². The van der Waals surface area contributed by atoms with Crippen molar-refractivity contribution in [2.24, 2.45) is 0 Å². The zero-order chi connectivity index (χ0) is 15.6. The second-order valence-electron chi connectivity index (χ2n) is 4.04. The molecule has 1 aromatic rings. The van der Waals surface area contributed by atoms with Crippen LogP contribution in [0, 0.1) is 0 Å². The number of alkyl halides is 3. The number of aromatic hydroxyl groups is 1. The van der Waals surface area contributed by atoms with Crippen LogP contribution in [-0.2, 0) is 16.5 Å². The number of benzene rings is 1. The molecule has 0 bridgehead atoms. The normalized spacial score (nSPS) is 15.1. The lowest BCUT2D eigenvalue weighted by Crippen LogP contribution is -2.21. The first-order chi connectivity index (χ1) is 9.02. The predicted molar refractivity (Wildman–Crippen MR) is 63.0 cm³/mol. The van der Waals surface area contributed by atoms with Gasteiger partial charge in [0.2, 0.25) is 0 Å². The van der Waals surface area contributed by atoms with Crippen LogP contribution in [0.4, 0.5) is 13.2 Å². The van der Waals surface area contributed by atoms with Gasteiger partial charge in [0.05, 0.1) is 0 Å². The second-order valence-corrected chi connectivity index (χ2v) is 5.45. The van der Waals surface area contributed by atoms with E-state index in [-0.39, 0.29) is 11.5 Å². The maximum absolute atomic E-state index is 11.3. The van der Waals surface area contributed by atoms with Gasteiger partial charge in [0, 0.05) is 12.0 Å². The van der Waals surface area contributed by atoms with Gasteiger partial charge in [0.25, 0.3) is 0 Å². The molecule has 2 rings (SSSR count). The average Bonchev–Trinajstić information content (AvgIpc) is 2.27. The first kappa shape index (κ1) is 16.4. The maximum Gasteiger partial charge on any atom is 0.522 e. The van der Waals surface area contributed by atoms with Crippen molar-refractivity contribution in [2.75, 3.05) is 0 Å². The van der Waals surface area contributed by atoms with Crippen LogP contribution in [-0.4, -0.2) is 29.4 Å². The Morgan fingerprint density at radius 1 is 1.15 bits per heavy atom. The minimum absolute atomic E-state index is 0.205. The second kappa shape index (κ2) is 5.80. The lowest BCUT2D eigenvalue weighted by molar-refractivity contribution is -0.0510. The molecule has 2 N–H and O–H groups in total. The largest absolute Gasteiger partial charge is 0.522 e. The molecule has 0 aliphatic heterocycles. The Labute approximate surface area is 112 Å². The Bertz CT molecular complexity index is 607. The first-order valence-electron chi connectivity index (χ1n) is 5.41. The number of ketones is 1. The summed E-state index contributed by atoms with van der Waals surface area (Å²) in [6.07, 6.45) is 2.47. The van der Waals surface area contributed by atoms with Crippen LogP contribution in [0.5, 0.6) is 5.75 Å². The van der Waals surface area contributed by atoms with Gasteiger partial charge in [-0.2, -0.15) is 21.6 Å². The van der Waals surface area contributed by atoms with Gasteiger partial charge in [-0.25, -0.2) is 0 Å². The summed E-state index contributed by atoms with van der Waals surface area (Å²) >= 11 is 0. The highest BCUT2D eigenvalue weighted by Gasteiger charge is 2.44. The molecule has 0 fully saturated rings. The number of carbonyl (C=O) groups excluding carboxylic acids is 1. The minimum Gasteiger partial charge on any atom is -0.508 e. The van der Waals surface area contributed by atoms with Gasteiger partial charge in [-0.15, -0.1) is 0 Å². The first-order valence-corrected chi connectivity index (χ1v) is 6.85. The van der Waals surface area contributed by atoms with E-state index >= 15 is 0 Å². The van der Waals surface area contributed by atoms with Gasteiger partial charge in [-0.3, -0.25) is 9.35 Å². The molecule has 5 nitrogen and oxygen atoms in total. The minimum atomic E-state index is -5.84. The number of halogens is 3. The molecule has 0 radical (unpaired) electrons. The van der Waals surface area contributed by atoms with E-state index in [2.05, 4.69) is 0 Å². The van der Waals surface area contributed by atoms with Crippen molar-refractivity contribution in [3.05, 3.63) is 29.3 Å². The molecule has 1 aromatic carbocycles. The Morgan fingerprint density at radius 3 is 2.20 bits per heavy atom. The van der Waals surface area contributed by atoms with E-state index in [1.807, 2.05) is 0 Å². The number of Topliss-reactive ketones (excluding diaryl/α,β-unsaturated/α-hetero) is 1. The summed E-state index contributed by atoms with van der Waals surface area (Å²) in [5, 5.41) is 9.16. The molecule has 0 amide bonds. The number of fused-ring (bicyclic) bond motifs is 1. The van der Waals surface area contributed by atoms with Gasteiger partial charge < -0.3 is 5.11 Å². The number of hydrogen-bond acceptors (Lipinski definition) is 4. The summed E-state index contributed by atoms with van der Waals surface area (Å²) < 4.78 is 57.5. The summed E-state index contributed by atoms with van der Waals surface area (Å²) in [7, 11) is -5.84. The lowest BCUT2D eigenvalue weighted by Gasteiger charge is -2.13. The summed E-state index contributed by atoms with van der Waals surface area (Å²) in [6.45, 7) is 0. The molecule has 0 saturated heterocycles. The molecule has 0 heterocycles. The Balaban J connectivity index is 0.000000221. The molecule has 1 aliphatic rings. The van der Waals surface area contributed by atoms with Crippen LogP contribution in [0.25, 0.3) is 0 Å². The molecule has 9 heteroatoms. The predicted octanol–water partition coefficient (Wildman–Crippen LogP) is 2.31. The van der Waals surface area contributed by atoms with Crippen molar-refractivity contribution < 1.29 is 36.0 Å². The van der Waals surface area contributed by atoms with Gasteiger partial charge in [0.1, 0.15) is 5.75 Å². The Kier molecular flexibility index (Phi) is 4.77. The molecule has 20 heavy (non-hydrogen) atoms. The molecule has 0 unspecified atom stereocenters. The third kappa shape index (κ3) is 4.20. The van der Waals surface area contributed by atoms with E-state index in [1.54, 1.807) is 18.2 Å². The molecular weight excluding hydrogens is 301 g/mol. The molecule has 0 saturated carbocycles. The molecule has 0 spiro atoms. The van der Waals surface area contributed by atoms with E-state index in [9.17, 15) is 18.0 Å². The Hall–Kier alpha value is -1.61. The highest BCUT2D eigenvalue weighted by atomic mass is 32.2. The van der Waals surface area contributed by atoms with Crippen molar-refractivity contribution in [3.8, 4) is 5.75 Å². The van der Waals surface area contributed by atoms with Crippen LogP contribution in [0.2, 0.25) is 0 Å². The molecule has 0 atom stereocenters. The monoisotopic (exact) mass is 312 g/mol. The number of hydrogen-bond donors (Lipinski definition) is 2. The van der Waals surface area contributed by atoms with E-state index in [4.69, 9.17) is 18.1 Å². The molecule has 1 aliphatic carbocycles. The molecule has 0 aromatic heterocycles. The average molecular weight is 312 g/mol. The van der Waals surface area contributed by atoms with Crippen LogP contribution in [0.15, 0.2) is 18.2 Å². The number of aryl methyl sites for hydroxylation is 1. The Morgan fingerprint density at radius 2 is 1.70 bits per heavy atom. The van der Waals surface area contributed by atoms with Gasteiger partial charge in [-0.05, 0) is 36.6 Å². The zero-order valence-electron chi connectivity index (χ0n) is 10.0. The van der Waals surface area contributed by atoms with Crippen LogP contribution in [0.3, 0.4) is 0 Å². The van der Waals surface area contributed by atoms with Gasteiger partial charge >= 0.3 is 15.6 Å². The zero-order valence-corrected chi connectivity index (χ0v) is 10.8. The SMILES string of the molecule is O=C1CCCc2cc(O)ccc21.O=S(=O)(O)C(F)(F)F. The van der Waals surface area contributed by atoms with Crippen molar-refractivity contribution >= 4 is 15.9 Å². The smallest absolute Gasteiger partial charge is 0.508 e. The molecular formula is C11H11F3O5S. The lowest BCUT2D eigenvalue weighted by atomic mass is 9.91. The van der Waals surface area contributed by atoms with E-state index in [1.165, 1.54) is 0 Å². The number of phenols is 1. The quantitative estimate of drug-likeness (QED) is 0.566. The third-order valence-corrected chi connectivity index (χ3v) is 3.12. The van der Waals surface area contributed by atoms with E-state index < -0.39 is 15.6 Å². The fourth-order valence-electron chi connectivity index (χ4n) is 1.63. The van der Waals surface area contributed by atoms with Crippen LogP contribution >= 0.6 is 0 Å². The van der Waals surface area contributed by atoms with E-state index in [0.717, 1.165) is 24.0 Å².